The van der Waals surface area contributed by atoms with E-state index in [1.54, 1.807) is 0 Å². The van der Waals surface area contributed by atoms with Gasteiger partial charge in [0, 0.05) is 26.1 Å². The van der Waals surface area contributed by atoms with Crippen LogP contribution in [0.2, 0.25) is 0 Å². The first kappa shape index (κ1) is 14.0. The fourth-order valence-corrected chi connectivity index (χ4v) is 2.81. The van der Waals surface area contributed by atoms with Gasteiger partial charge in [-0.15, -0.1) is 0 Å². The molecule has 0 saturated heterocycles. The maximum atomic E-state index is 12.9. The number of hydrogen-bond donors (Lipinski definition) is 2. The van der Waals surface area contributed by atoms with Crippen LogP contribution >= 0.6 is 0 Å². The lowest BCUT2D eigenvalue weighted by molar-refractivity contribution is -0.118. The zero-order valence-corrected chi connectivity index (χ0v) is 11.3. The topological polar surface area (TPSA) is 41.1 Å². The minimum Gasteiger partial charge on any atom is -0.355 e. The van der Waals surface area contributed by atoms with E-state index < -0.39 is 0 Å². The molecule has 2 atom stereocenters. The number of carbonyl (C=O) groups excluding carboxylic acids is 1. The lowest BCUT2D eigenvalue weighted by Crippen LogP contribution is -2.37. The molecular weight excluding hydrogens is 243 g/mol. The van der Waals surface area contributed by atoms with Crippen molar-refractivity contribution in [2.45, 2.75) is 38.1 Å². The standard InChI is InChI=1S/C15H21FN2O/c1-11(19)17-9-10-18-15-4-2-3-14(15)12-5-7-13(16)8-6-12/h5-8,14-15,18H,2-4,9-10H2,1H3,(H,17,19)/t14-,15-/m1/s1. The first-order chi connectivity index (χ1) is 9.16. The van der Waals surface area contributed by atoms with Crippen LogP contribution in [0.5, 0.6) is 0 Å². The van der Waals surface area contributed by atoms with Crippen molar-refractivity contribution in [3.63, 3.8) is 0 Å². The van der Waals surface area contributed by atoms with E-state index >= 15 is 0 Å². The smallest absolute Gasteiger partial charge is 0.216 e. The second kappa shape index (κ2) is 6.66. The Kier molecular flexibility index (Phi) is 4.91. The molecule has 1 amide bonds. The van der Waals surface area contributed by atoms with Gasteiger partial charge in [-0.25, -0.2) is 4.39 Å². The zero-order valence-electron chi connectivity index (χ0n) is 11.3. The van der Waals surface area contributed by atoms with Gasteiger partial charge >= 0.3 is 0 Å². The minimum absolute atomic E-state index is 0.00306. The van der Waals surface area contributed by atoms with E-state index in [2.05, 4.69) is 10.6 Å². The van der Waals surface area contributed by atoms with Gasteiger partial charge in [-0.05, 0) is 36.5 Å². The van der Waals surface area contributed by atoms with Gasteiger partial charge in [-0.3, -0.25) is 4.79 Å². The first-order valence-electron chi connectivity index (χ1n) is 6.90. The summed E-state index contributed by atoms with van der Waals surface area (Å²) in [7, 11) is 0. The van der Waals surface area contributed by atoms with Gasteiger partial charge in [0.25, 0.3) is 0 Å². The van der Waals surface area contributed by atoms with Crippen molar-refractivity contribution in [1.29, 1.82) is 0 Å². The number of nitrogens with one attached hydrogen (secondary N) is 2. The third kappa shape index (κ3) is 4.03. The molecule has 0 aromatic heterocycles. The van der Waals surface area contributed by atoms with Gasteiger partial charge in [0.15, 0.2) is 0 Å². The van der Waals surface area contributed by atoms with E-state index in [0.29, 0.717) is 18.5 Å². The third-order valence-corrected chi connectivity index (χ3v) is 3.72. The number of benzene rings is 1. The first-order valence-corrected chi connectivity index (χ1v) is 6.90. The molecule has 4 heteroatoms. The lowest BCUT2D eigenvalue weighted by atomic mass is 9.94. The molecule has 0 unspecified atom stereocenters. The molecule has 2 N–H and O–H groups in total. The fraction of sp³-hybridized carbons (Fsp3) is 0.533. The molecule has 0 aliphatic heterocycles. The summed E-state index contributed by atoms with van der Waals surface area (Å²) in [4.78, 5) is 10.8. The molecule has 1 aromatic carbocycles. The van der Waals surface area contributed by atoms with Crippen LogP contribution in [0.4, 0.5) is 4.39 Å². The summed E-state index contributed by atoms with van der Waals surface area (Å²) < 4.78 is 12.9. The van der Waals surface area contributed by atoms with Gasteiger partial charge in [-0.1, -0.05) is 18.6 Å². The molecule has 1 aromatic rings. The number of halogens is 1. The van der Waals surface area contributed by atoms with Crippen molar-refractivity contribution < 1.29 is 9.18 Å². The maximum Gasteiger partial charge on any atom is 0.216 e. The molecule has 0 radical (unpaired) electrons. The predicted molar refractivity (Wildman–Crippen MR) is 73.5 cm³/mol. The normalized spacial score (nSPS) is 22.4. The van der Waals surface area contributed by atoms with E-state index in [-0.39, 0.29) is 11.7 Å². The molecule has 1 aliphatic rings. The van der Waals surface area contributed by atoms with Gasteiger partial charge in [0.1, 0.15) is 5.82 Å². The van der Waals surface area contributed by atoms with E-state index in [1.165, 1.54) is 31.0 Å². The Morgan fingerprint density at radius 1 is 1.26 bits per heavy atom. The average molecular weight is 264 g/mol. The van der Waals surface area contributed by atoms with E-state index in [4.69, 9.17) is 0 Å². The molecule has 2 rings (SSSR count). The van der Waals surface area contributed by atoms with Crippen LogP contribution in [0.3, 0.4) is 0 Å². The summed E-state index contributed by atoms with van der Waals surface area (Å²) in [6.07, 6.45) is 3.48. The quantitative estimate of drug-likeness (QED) is 0.800. The largest absolute Gasteiger partial charge is 0.355 e. The number of hydrogen-bond acceptors (Lipinski definition) is 2. The highest BCUT2D eigenvalue weighted by Crippen LogP contribution is 2.34. The van der Waals surface area contributed by atoms with Crippen molar-refractivity contribution in [2.75, 3.05) is 13.1 Å². The van der Waals surface area contributed by atoms with E-state index in [0.717, 1.165) is 19.4 Å². The number of rotatable bonds is 5. The van der Waals surface area contributed by atoms with Gasteiger partial charge < -0.3 is 10.6 Å². The lowest BCUT2D eigenvalue weighted by Gasteiger charge is -2.21. The highest BCUT2D eigenvalue weighted by Gasteiger charge is 2.27. The van der Waals surface area contributed by atoms with Crippen molar-refractivity contribution in [1.82, 2.24) is 10.6 Å². The summed E-state index contributed by atoms with van der Waals surface area (Å²) >= 11 is 0. The van der Waals surface area contributed by atoms with Crippen LogP contribution < -0.4 is 10.6 Å². The second-order valence-corrected chi connectivity index (χ2v) is 5.13. The Morgan fingerprint density at radius 3 is 2.68 bits per heavy atom. The summed E-state index contributed by atoms with van der Waals surface area (Å²) in [5, 5.41) is 6.27. The summed E-state index contributed by atoms with van der Waals surface area (Å²) in [5.74, 6) is 0.276. The maximum absolute atomic E-state index is 12.9. The number of carbonyl (C=O) groups is 1. The monoisotopic (exact) mass is 264 g/mol. The van der Waals surface area contributed by atoms with Crippen molar-refractivity contribution in [2.24, 2.45) is 0 Å². The highest BCUT2D eigenvalue weighted by atomic mass is 19.1. The molecule has 1 saturated carbocycles. The minimum atomic E-state index is -0.183. The van der Waals surface area contributed by atoms with Crippen LogP contribution in [0.1, 0.15) is 37.7 Å². The van der Waals surface area contributed by atoms with Crippen LogP contribution in [-0.2, 0) is 4.79 Å². The molecule has 3 nitrogen and oxygen atoms in total. The molecule has 0 heterocycles. The van der Waals surface area contributed by atoms with Gasteiger partial charge in [-0.2, -0.15) is 0 Å². The van der Waals surface area contributed by atoms with Gasteiger partial charge in [0.2, 0.25) is 5.91 Å². The Morgan fingerprint density at radius 2 is 2.00 bits per heavy atom. The highest BCUT2D eigenvalue weighted by molar-refractivity contribution is 5.72. The van der Waals surface area contributed by atoms with E-state index in [1.807, 2.05) is 12.1 Å². The summed E-state index contributed by atoms with van der Waals surface area (Å²) in [5.41, 5.74) is 1.20. The van der Waals surface area contributed by atoms with Crippen LogP contribution in [0, 0.1) is 5.82 Å². The van der Waals surface area contributed by atoms with E-state index in [9.17, 15) is 9.18 Å². The van der Waals surface area contributed by atoms with Crippen molar-refractivity contribution in [3.8, 4) is 0 Å². The Hall–Kier alpha value is -1.42. The van der Waals surface area contributed by atoms with Crippen LogP contribution in [-0.4, -0.2) is 25.0 Å². The number of amides is 1. The predicted octanol–water partition coefficient (Wildman–Crippen LogP) is 2.19. The molecule has 1 fully saturated rings. The second-order valence-electron chi connectivity index (χ2n) is 5.13. The van der Waals surface area contributed by atoms with Crippen molar-refractivity contribution in [3.05, 3.63) is 35.6 Å². The summed E-state index contributed by atoms with van der Waals surface area (Å²) in [6, 6.07) is 7.25. The Labute approximate surface area is 113 Å². The zero-order chi connectivity index (χ0) is 13.7. The fourth-order valence-electron chi connectivity index (χ4n) is 2.81. The molecule has 0 spiro atoms. The average Bonchev–Trinajstić information content (AvgIpc) is 2.84. The Bertz CT molecular complexity index is 419. The van der Waals surface area contributed by atoms with Gasteiger partial charge in [0.05, 0.1) is 0 Å². The summed E-state index contributed by atoms with van der Waals surface area (Å²) in [6.45, 7) is 2.96. The molecule has 104 valence electrons. The van der Waals surface area contributed by atoms with Crippen molar-refractivity contribution >= 4 is 5.91 Å². The molecular formula is C15H21FN2O. The molecule has 1 aliphatic carbocycles. The molecule has 19 heavy (non-hydrogen) atoms. The molecule has 0 bridgehead atoms. The van der Waals surface area contributed by atoms with Crippen LogP contribution in [0.25, 0.3) is 0 Å². The third-order valence-electron chi connectivity index (χ3n) is 3.72. The Balaban J connectivity index is 1.86. The SMILES string of the molecule is CC(=O)NCCN[C@@H]1CCC[C@@H]1c1ccc(F)cc1. The van der Waals surface area contributed by atoms with Crippen LogP contribution in [0.15, 0.2) is 24.3 Å².